The highest BCUT2D eigenvalue weighted by Crippen LogP contribution is 2.24. The van der Waals surface area contributed by atoms with Gasteiger partial charge in [0.25, 0.3) is 0 Å². The van der Waals surface area contributed by atoms with E-state index in [1.165, 1.54) is 19.3 Å². The summed E-state index contributed by atoms with van der Waals surface area (Å²) in [5.41, 5.74) is 5.25. The zero-order valence-electron chi connectivity index (χ0n) is 11.8. The number of benzene rings is 1. The van der Waals surface area contributed by atoms with Crippen LogP contribution in [0.25, 0.3) is 0 Å². The minimum absolute atomic E-state index is 0.0983. The molecule has 1 amide bonds. The third-order valence-electron chi connectivity index (χ3n) is 3.11. The lowest BCUT2D eigenvalue weighted by Gasteiger charge is -2.09. The van der Waals surface area contributed by atoms with Crippen LogP contribution < -0.4 is 11.1 Å². The molecule has 0 aliphatic rings. The van der Waals surface area contributed by atoms with E-state index in [4.69, 9.17) is 5.73 Å². The van der Waals surface area contributed by atoms with Crippen LogP contribution in [0.2, 0.25) is 0 Å². The number of rotatable bonds is 8. The summed E-state index contributed by atoms with van der Waals surface area (Å²) in [5.74, 6) is -1.90. The number of hydrogen-bond donors (Lipinski definition) is 2. The van der Waals surface area contributed by atoms with E-state index in [9.17, 15) is 13.6 Å². The second-order valence-electron chi connectivity index (χ2n) is 4.92. The minimum atomic E-state index is -0.848. The van der Waals surface area contributed by atoms with E-state index >= 15 is 0 Å². The Kier molecular flexibility index (Phi) is 6.98. The second kappa shape index (κ2) is 8.51. The SMILES string of the molecule is CCCCCCCCC(=O)Nc1c(N)cc(F)cc1F. The van der Waals surface area contributed by atoms with Crippen LogP contribution in [0.4, 0.5) is 20.2 Å². The lowest BCUT2D eigenvalue weighted by Crippen LogP contribution is -2.14. The van der Waals surface area contributed by atoms with Crippen molar-refractivity contribution in [1.29, 1.82) is 0 Å². The van der Waals surface area contributed by atoms with Crippen molar-refractivity contribution >= 4 is 17.3 Å². The molecule has 0 atom stereocenters. The van der Waals surface area contributed by atoms with Gasteiger partial charge in [0.2, 0.25) is 5.91 Å². The monoisotopic (exact) mass is 284 g/mol. The largest absolute Gasteiger partial charge is 0.397 e. The first-order valence-electron chi connectivity index (χ1n) is 7.09. The number of carbonyl (C=O) groups excluding carboxylic acids is 1. The van der Waals surface area contributed by atoms with Crippen molar-refractivity contribution in [3.05, 3.63) is 23.8 Å². The average molecular weight is 284 g/mol. The van der Waals surface area contributed by atoms with E-state index in [0.29, 0.717) is 12.5 Å². The Labute approximate surface area is 118 Å². The number of carbonyl (C=O) groups is 1. The molecule has 0 heterocycles. The molecule has 0 bridgehead atoms. The Balaban J connectivity index is 2.36. The van der Waals surface area contributed by atoms with Gasteiger partial charge in [0.05, 0.1) is 5.69 Å². The summed E-state index contributed by atoms with van der Waals surface area (Å²) in [4.78, 5) is 11.7. The van der Waals surface area contributed by atoms with Crippen LogP contribution in [0.5, 0.6) is 0 Å². The van der Waals surface area contributed by atoms with Crippen LogP contribution >= 0.6 is 0 Å². The van der Waals surface area contributed by atoms with Crippen molar-refractivity contribution < 1.29 is 13.6 Å². The molecule has 0 aliphatic heterocycles. The van der Waals surface area contributed by atoms with Gasteiger partial charge < -0.3 is 11.1 Å². The van der Waals surface area contributed by atoms with Gasteiger partial charge in [-0.3, -0.25) is 4.79 Å². The molecule has 5 heteroatoms. The van der Waals surface area contributed by atoms with Gasteiger partial charge in [-0.2, -0.15) is 0 Å². The Hall–Kier alpha value is -1.65. The summed E-state index contributed by atoms with van der Waals surface area (Å²) in [6.07, 6.45) is 6.74. The number of hydrogen-bond acceptors (Lipinski definition) is 2. The number of anilines is 2. The molecule has 3 N–H and O–H groups in total. The predicted octanol–water partition coefficient (Wildman–Crippen LogP) is 4.24. The predicted molar refractivity (Wildman–Crippen MR) is 77.4 cm³/mol. The van der Waals surface area contributed by atoms with Crippen LogP contribution in [0.15, 0.2) is 12.1 Å². The lowest BCUT2D eigenvalue weighted by atomic mass is 10.1. The van der Waals surface area contributed by atoms with Crippen LogP contribution in [0.3, 0.4) is 0 Å². The van der Waals surface area contributed by atoms with Crippen LogP contribution in [-0.2, 0) is 4.79 Å². The Bertz CT molecular complexity index is 426. The van der Waals surface area contributed by atoms with Crippen molar-refractivity contribution in [2.75, 3.05) is 11.1 Å². The molecule has 20 heavy (non-hydrogen) atoms. The molecule has 0 fully saturated rings. The minimum Gasteiger partial charge on any atom is -0.397 e. The molecule has 1 aromatic carbocycles. The summed E-state index contributed by atoms with van der Waals surface area (Å²) in [6, 6.07) is 1.69. The molecule has 0 saturated carbocycles. The van der Waals surface area contributed by atoms with E-state index in [0.717, 1.165) is 25.3 Å². The van der Waals surface area contributed by atoms with Crippen molar-refractivity contribution in [3.8, 4) is 0 Å². The van der Waals surface area contributed by atoms with Gasteiger partial charge in [-0.25, -0.2) is 8.78 Å². The molecule has 0 saturated heterocycles. The van der Waals surface area contributed by atoms with Gasteiger partial charge in [0, 0.05) is 12.5 Å². The molecule has 0 aromatic heterocycles. The number of unbranched alkanes of at least 4 members (excludes halogenated alkanes) is 5. The Morgan fingerprint density at radius 1 is 1.15 bits per heavy atom. The number of nitrogen functional groups attached to an aromatic ring is 1. The van der Waals surface area contributed by atoms with E-state index in [-0.39, 0.29) is 17.3 Å². The summed E-state index contributed by atoms with van der Waals surface area (Å²) in [6.45, 7) is 2.15. The fourth-order valence-corrected chi connectivity index (χ4v) is 1.99. The summed E-state index contributed by atoms with van der Waals surface area (Å²) in [5, 5.41) is 2.40. The maximum Gasteiger partial charge on any atom is 0.224 e. The number of halogens is 2. The number of nitrogens with one attached hydrogen (secondary N) is 1. The quantitative estimate of drug-likeness (QED) is 0.554. The van der Waals surface area contributed by atoms with Gasteiger partial charge in [-0.05, 0) is 12.5 Å². The maximum absolute atomic E-state index is 13.5. The Morgan fingerprint density at radius 3 is 2.45 bits per heavy atom. The van der Waals surface area contributed by atoms with Gasteiger partial charge in [-0.1, -0.05) is 39.0 Å². The van der Waals surface area contributed by atoms with Gasteiger partial charge in [-0.15, -0.1) is 0 Å². The smallest absolute Gasteiger partial charge is 0.224 e. The van der Waals surface area contributed by atoms with E-state index in [1.807, 2.05) is 0 Å². The molecule has 0 aliphatic carbocycles. The zero-order valence-corrected chi connectivity index (χ0v) is 11.8. The average Bonchev–Trinajstić information content (AvgIpc) is 2.38. The van der Waals surface area contributed by atoms with Gasteiger partial charge >= 0.3 is 0 Å². The highest BCUT2D eigenvalue weighted by molar-refractivity contribution is 5.93. The Morgan fingerprint density at radius 2 is 1.80 bits per heavy atom. The summed E-state index contributed by atoms with van der Waals surface area (Å²) in [7, 11) is 0. The topological polar surface area (TPSA) is 55.1 Å². The third-order valence-corrected chi connectivity index (χ3v) is 3.11. The lowest BCUT2D eigenvalue weighted by molar-refractivity contribution is -0.116. The fourth-order valence-electron chi connectivity index (χ4n) is 1.99. The first-order chi connectivity index (χ1) is 9.54. The van der Waals surface area contributed by atoms with Crippen LogP contribution in [-0.4, -0.2) is 5.91 Å². The van der Waals surface area contributed by atoms with E-state index in [1.54, 1.807) is 0 Å². The van der Waals surface area contributed by atoms with Crippen molar-refractivity contribution in [2.24, 2.45) is 0 Å². The third kappa shape index (κ3) is 5.55. The number of amides is 1. The normalized spacial score (nSPS) is 10.6. The van der Waals surface area contributed by atoms with Gasteiger partial charge in [0.1, 0.15) is 11.5 Å². The van der Waals surface area contributed by atoms with Gasteiger partial charge in [0.15, 0.2) is 5.82 Å². The molecule has 112 valence electrons. The second-order valence-corrected chi connectivity index (χ2v) is 4.92. The van der Waals surface area contributed by atoms with E-state index in [2.05, 4.69) is 12.2 Å². The summed E-state index contributed by atoms with van der Waals surface area (Å²) >= 11 is 0. The highest BCUT2D eigenvalue weighted by atomic mass is 19.1. The first kappa shape index (κ1) is 16.4. The summed E-state index contributed by atoms with van der Waals surface area (Å²) < 4.78 is 26.3. The van der Waals surface area contributed by atoms with Crippen LogP contribution in [0, 0.1) is 11.6 Å². The standard InChI is InChI=1S/C15H22F2N2O/c1-2-3-4-5-6-7-8-14(20)19-15-12(17)9-11(16)10-13(15)18/h9-10H,2-8,18H2,1H3,(H,19,20). The molecule has 0 spiro atoms. The first-order valence-corrected chi connectivity index (χ1v) is 7.09. The van der Waals surface area contributed by atoms with E-state index < -0.39 is 11.6 Å². The molecular weight excluding hydrogens is 262 g/mol. The highest BCUT2D eigenvalue weighted by Gasteiger charge is 2.12. The molecule has 0 radical (unpaired) electrons. The fraction of sp³-hybridized carbons (Fsp3) is 0.533. The van der Waals surface area contributed by atoms with Crippen molar-refractivity contribution in [1.82, 2.24) is 0 Å². The zero-order chi connectivity index (χ0) is 15.0. The molecule has 3 nitrogen and oxygen atoms in total. The molecule has 1 rings (SSSR count). The van der Waals surface area contributed by atoms with Crippen molar-refractivity contribution in [3.63, 3.8) is 0 Å². The van der Waals surface area contributed by atoms with Crippen molar-refractivity contribution in [2.45, 2.75) is 51.9 Å². The van der Waals surface area contributed by atoms with Crippen LogP contribution in [0.1, 0.15) is 51.9 Å². The molecular formula is C15H22F2N2O. The molecule has 1 aromatic rings. The molecule has 0 unspecified atom stereocenters. The number of nitrogens with two attached hydrogens (primary N) is 1. The maximum atomic E-state index is 13.5.